The first-order valence-corrected chi connectivity index (χ1v) is 8.64. The molecule has 2 atom stereocenters. The molecule has 0 spiro atoms. The second-order valence-electron chi connectivity index (χ2n) is 6.64. The molecule has 0 unspecified atom stereocenters. The fourth-order valence-corrected chi connectivity index (χ4v) is 3.15. The number of rotatable bonds is 8. The zero-order valence-electron chi connectivity index (χ0n) is 14.8. The summed E-state index contributed by atoms with van der Waals surface area (Å²) in [5.74, 6) is 2.17. The standard InChI is InChI=1S/C21H29NO/c1-16(2)21(19-10-12-20(23-4)13-11-19)14-15-22-17(3)18-8-6-5-7-9-18/h5-13,16-17,21-22H,14-15H2,1-4H3/p+1/t17-,21-/m0/s1. The molecule has 124 valence electrons. The molecule has 2 heteroatoms. The van der Waals surface area contributed by atoms with Crippen molar-refractivity contribution in [1.82, 2.24) is 0 Å². The van der Waals surface area contributed by atoms with E-state index < -0.39 is 0 Å². The average Bonchev–Trinajstić information content (AvgIpc) is 2.59. The minimum Gasteiger partial charge on any atom is -0.497 e. The number of methoxy groups -OCH3 is 1. The highest BCUT2D eigenvalue weighted by molar-refractivity contribution is 5.29. The lowest BCUT2D eigenvalue weighted by atomic mass is 9.85. The van der Waals surface area contributed by atoms with Crippen molar-refractivity contribution in [2.45, 2.75) is 39.2 Å². The number of benzene rings is 2. The summed E-state index contributed by atoms with van der Waals surface area (Å²) in [7, 11) is 1.72. The lowest BCUT2D eigenvalue weighted by Crippen LogP contribution is -2.84. The maximum atomic E-state index is 5.26. The molecule has 0 saturated heterocycles. The highest BCUT2D eigenvalue weighted by Crippen LogP contribution is 2.28. The molecule has 0 aliphatic rings. The summed E-state index contributed by atoms with van der Waals surface area (Å²) in [5, 5.41) is 2.45. The van der Waals surface area contributed by atoms with Crippen molar-refractivity contribution in [1.29, 1.82) is 0 Å². The van der Waals surface area contributed by atoms with Crippen LogP contribution in [0.2, 0.25) is 0 Å². The van der Waals surface area contributed by atoms with E-state index in [4.69, 9.17) is 4.74 Å². The smallest absolute Gasteiger partial charge is 0.118 e. The van der Waals surface area contributed by atoms with Crippen molar-refractivity contribution >= 4 is 0 Å². The molecule has 2 rings (SSSR count). The predicted octanol–water partition coefficient (Wildman–Crippen LogP) is 4.15. The Labute approximate surface area is 140 Å². The van der Waals surface area contributed by atoms with E-state index in [1.807, 2.05) is 0 Å². The molecule has 0 saturated carbocycles. The van der Waals surface area contributed by atoms with Gasteiger partial charge in [-0.15, -0.1) is 0 Å². The summed E-state index contributed by atoms with van der Waals surface area (Å²) in [4.78, 5) is 0. The fourth-order valence-electron chi connectivity index (χ4n) is 3.15. The Morgan fingerprint density at radius 1 is 0.870 bits per heavy atom. The SMILES string of the molecule is COc1ccc([C@@H](CC[NH2+][C@@H](C)c2ccccc2)C(C)C)cc1. The van der Waals surface area contributed by atoms with Crippen LogP contribution in [-0.4, -0.2) is 13.7 Å². The molecule has 2 N–H and O–H groups in total. The third kappa shape index (κ3) is 5.11. The van der Waals surface area contributed by atoms with Gasteiger partial charge in [0.25, 0.3) is 0 Å². The first-order chi connectivity index (χ1) is 11.1. The van der Waals surface area contributed by atoms with E-state index in [0.717, 1.165) is 12.3 Å². The number of ether oxygens (including phenoxy) is 1. The monoisotopic (exact) mass is 312 g/mol. The molecular formula is C21H30NO+. The normalized spacial score (nSPS) is 13.8. The van der Waals surface area contributed by atoms with E-state index in [1.54, 1.807) is 7.11 Å². The van der Waals surface area contributed by atoms with Crippen LogP contribution in [0.5, 0.6) is 5.75 Å². The van der Waals surface area contributed by atoms with Gasteiger partial charge in [-0.25, -0.2) is 0 Å². The zero-order valence-corrected chi connectivity index (χ0v) is 14.8. The lowest BCUT2D eigenvalue weighted by Gasteiger charge is -2.22. The zero-order chi connectivity index (χ0) is 16.7. The van der Waals surface area contributed by atoms with Gasteiger partial charge in [-0.2, -0.15) is 0 Å². The molecule has 0 fully saturated rings. The van der Waals surface area contributed by atoms with Gasteiger partial charge in [0.15, 0.2) is 0 Å². The van der Waals surface area contributed by atoms with Crippen LogP contribution < -0.4 is 10.1 Å². The van der Waals surface area contributed by atoms with Crippen LogP contribution in [0.4, 0.5) is 0 Å². The molecule has 0 bridgehead atoms. The number of nitrogens with two attached hydrogens (primary N) is 1. The molecule has 2 aromatic rings. The van der Waals surface area contributed by atoms with Crippen molar-refractivity contribution in [2.24, 2.45) is 5.92 Å². The molecule has 2 aromatic carbocycles. The molecule has 2 nitrogen and oxygen atoms in total. The van der Waals surface area contributed by atoms with Gasteiger partial charge < -0.3 is 10.1 Å². The van der Waals surface area contributed by atoms with E-state index in [1.165, 1.54) is 17.5 Å². The second-order valence-corrected chi connectivity index (χ2v) is 6.64. The van der Waals surface area contributed by atoms with Crippen molar-refractivity contribution in [3.8, 4) is 5.75 Å². The highest BCUT2D eigenvalue weighted by Gasteiger charge is 2.17. The Hall–Kier alpha value is -1.80. The molecule has 0 amide bonds. The largest absolute Gasteiger partial charge is 0.497 e. The first kappa shape index (κ1) is 17.6. The summed E-state index contributed by atoms with van der Waals surface area (Å²) < 4.78 is 5.26. The van der Waals surface area contributed by atoms with Crippen LogP contribution in [0.25, 0.3) is 0 Å². The van der Waals surface area contributed by atoms with Gasteiger partial charge in [-0.3, -0.25) is 0 Å². The summed E-state index contributed by atoms with van der Waals surface area (Å²) in [6.45, 7) is 8.06. The van der Waals surface area contributed by atoms with Gasteiger partial charge in [-0.05, 0) is 36.5 Å². The molecular weight excluding hydrogens is 282 g/mol. The molecule has 0 radical (unpaired) electrons. The third-order valence-corrected chi connectivity index (χ3v) is 4.67. The Morgan fingerprint density at radius 3 is 2.09 bits per heavy atom. The van der Waals surface area contributed by atoms with Crippen molar-refractivity contribution < 1.29 is 10.1 Å². The van der Waals surface area contributed by atoms with Crippen molar-refractivity contribution in [3.05, 3.63) is 65.7 Å². The maximum Gasteiger partial charge on any atom is 0.118 e. The Morgan fingerprint density at radius 2 is 1.52 bits per heavy atom. The van der Waals surface area contributed by atoms with Crippen molar-refractivity contribution in [2.75, 3.05) is 13.7 Å². The average molecular weight is 312 g/mol. The molecule has 23 heavy (non-hydrogen) atoms. The second kappa shape index (κ2) is 8.73. The summed E-state index contributed by atoms with van der Waals surface area (Å²) in [6.07, 6.45) is 1.20. The van der Waals surface area contributed by atoms with Crippen LogP contribution in [-0.2, 0) is 0 Å². The van der Waals surface area contributed by atoms with E-state index >= 15 is 0 Å². The quantitative estimate of drug-likeness (QED) is 0.778. The lowest BCUT2D eigenvalue weighted by molar-refractivity contribution is -0.693. The van der Waals surface area contributed by atoms with E-state index in [9.17, 15) is 0 Å². The van der Waals surface area contributed by atoms with Crippen LogP contribution in [0, 0.1) is 5.92 Å². The van der Waals surface area contributed by atoms with Gasteiger partial charge in [0.2, 0.25) is 0 Å². The topological polar surface area (TPSA) is 25.8 Å². The summed E-state index contributed by atoms with van der Waals surface area (Å²) in [5.41, 5.74) is 2.82. The van der Waals surface area contributed by atoms with Gasteiger partial charge in [-0.1, -0.05) is 56.3 Å². The van der Waals surface area contributed by atoms with Crippen LogP contribution in [0.3, 0.4) is 0 Å². The van der Waals surface area contributed by atoms with Crippen LogP contribution in [0.1, 0.15) is 50.3 Å². The maximum absolute atomic E-state index is 5.26. The van der Waals surface area contributed by atoms with Crippen molar-refractivity contribution in [3.63, 3.8) is 0 Å². The fraction of sp³-hybridized carbons (Fsp3) is 0.429. The van der Waals surface area contributed by atoms with Crippen LogP contribution in [0.15, 0.2) is 54.6 Å². The Bertz CT molecular complexity index is 562. The molecule has 0 aromatic heterocycles. The molecule has 0 aliphatic carbocycles. The van der Waals surface area contributed by atoms with E-state index in [0.29, 0.717) is 17.9 Å². The molecule has 0 aliphatic heterocycles. The van der Waals surface area contributed by atoms with E-state index in [2.05, 4.69) is 80.7 Å². The number of hydrogen-bond acceptors (Lipinski definition) is 1. The van der Waals surface area contributed by atoms with Gasteiger partial charge in [0.05, 0.1) is 13.7 Å². The third-order valence-electron chi connectivity index (χ3n) is 4.67. The van der Waals surface area contributed by atoms with Gasteiger partial charge in [0, 0.05) is 12.0 Å². The molecule has 0 heterocycles. The minimum absolute atomic E-state index is 0.514. The van der Waals surface area contributed by atoms with Gasteiger partial charge in [0.1, 0.15) is 11.8 Å². The predicted molar refractivity (Wildman–Crippen MR) is 96.8 cm³/mol. The van der Waals surface area contributed by atoms with Crippen LogP contribution >= 0.6 is 0 Å². The number of quaternary nitrogens is 1. The van der Waals surface area contributed by atoms with E-state index in [-0.39, 0.29) is 0 Å². The summed E-state index contributed by atoms with van der Waals surface area (Å²) >= 11 is 0. The number of hydrogen-bond donors (Lipinski definition) is 1. The summed E-state index contributed by atoms with van der Waals surface area (Å²) in [6, 6.07) is 19.8. The Kier molecular flexibility index (Phi) is 6.66. The highest BCUT2D eigenvalue weighted by atomic mass is 16.5. The Balaban J connectivity index is 1.92. The first-order valence-electron chi connectivity index (χ1n) is 8.64. The van der Waals surface area contributed by atoms with Gasteiger partial charge >= 0.3 is 0 Å². The minimum atomic E-state index is 0.514.